The summed E-state index contributed by atoms with van der Waals surface area (Å²) in [5.41, 5.74) is 0.902. The summed E-state index contributed by atoms with van der Waals surface area (Å²) in [5, 5.41) is 13.8. The van der Waals surface area contributed by atoms with E-state index in [1.807, 2.05) is 11.4 Å². The van der Waals surface area contributed by atoms with Crippen LogP contribution in [-0.2, 0) is 13.6 Å². The van der Waals surface area contributed by atoms with Crippen LogP contribution >= 0.6 is 11.5 Å². The van der Waals surface area contributed by atoms with Crippen LogP contribution in [0.2, 0.25) is 0 Å². The zero-order valence-electron chi connectivity index (χ0n) is 12.6. The van der Waals surface area contributed by atoms with Crippen molar-refractivity contribution in [2.45, 2.75) is 31.8 Å². The lowest BCUT2D eigenvalue weighted by atomic mass is 10.0. The van der Waals surface area contributed by atoms with Crippen LogP contribution in [-0.4, -0.2) is 38.5 Å². The highest BCUT2D eigenvalue weighted by atomic mass is 32.1. The fraction of sp³-hybridized carbons (Fsp3) is 0.571. The highest BCUT2D eigenvalue weighted by Crippen LogP contribution is 2.21. The standard InChI is InChI=1S/C14H20N6OS/c1-19-14(21)6-5-13(17-19)20-7-3-2-4-12(20)9-15-8-11-10-22-18-16-11/h5-6,10,12,15H,2-4,7-9H2,1H3. The molecule has 1 aliphatic rings. The minimum Gasteiger partial charge on any atom is -0.351 e. The van der Waals surface area contributed by atoms with Gasteiger partial charge in [0.25, 0.3) is 5.56 Å². The number of hydrogen-bond acceptors (Lipinski definition) is 7. The van der Waals surface area contributed by atoms with Gasteiger partial charge in [-0.25, -0.2) is 4.68 Å². The molecule has 0 aromatic carbocycles. The summed E-state index contributed by atoms with van der Waals surface area (Å²) in [4.78, 5) is 13.8. The quantitative estimate of drug-likeness (QED) is 0.877. The van der Waals surface area contributed by atoms with Gasteiger partial charge in [0, 0.05) is 44.2 Å². The molecule has 1 fully saturated rings. The molecule has 118 valence electrons. The number of nitrogens with one attached hydrogen (secondary N) is 1. The second-order valence-electron chi connectivity index (χ2n) is 5.52. The molecule has 2 aromatic heterocycles. The third-order valence-electron chi connectivity index (χ3n) is 3.96. The lowest BCUT2D eigenvalue weighted by Gasteiger charge is -2.36. The van der Waals surface area contributed by atoms with Crippen molar-refractivity contribution in [1.82, 2.24) is 24.7 Å². The van der Waals surface area contributed by atoms with Crippen molar-refractivity contribution in [3.8, 4) is 0 Å². The lowest BCUT2D eigenvalue weighted by molar-refractivity contribution is 0.428. The van der Waals surface area contributed by atoms with Gasteiger partial charge >= 0.3 is 0 Å². The summed E-state index contributed by atoms with van der Waals surface area (Å²) in [7, 11) is 1.69. The smallest absolute Gasteiger partial charge is 0.266 e. The number of nitrogens with zero attached hydrogens (tertiary/aromatic N) is 5. The van der Waals surface area contributed by atoms with Crippen LogP contribution in [0, 0.1) is 0 Å². The van der Waals surface area contributed by atoms with Crippen LogP contribution in [0.4, 0.5) is 5.82 Å². The van der Waals surface area contributed by atoms with Gasteiger partial charge in [-0.05, 0) is 36.9 Å². The molecule has 1 atom stereocenters. The van der Waals surface area contributed by atoms with Crippen molar-refractivity contribution in [2.75, 3.05) is 18.0 Å². The maximum Gasteiger partial charge on any atom is 0.266 e. The van der Waals surface area contributed by atoms with Crippen molar-refractivity contribution in [1.29, 1.82) is 0 Å². The fourth-order valence-electron chi connectivity index (χ4n) is 2.79. The first-order valence-corrected chi connectivity index (χ1v) is 8.35. The predicted octanol–water partition coefficient (Wildman–Crippen LogP) is 0.780. The Hall–Kier alpha value is -1.80. The highest BCUT2D eigenvalue weighted by molar-refractivity contribution is 7.03. The van der Waals surface area contributed by atoms with E-state index >= 15 is 0 Å². The van der Waals surface area contributed by atoms with Crippen molar-refractivity contribution >= 4 is 17.4 Å². The Kier molecular flexibility index (Phi) is 4.79. The number of aryl methyl sites for hydroxylation is 1. The number of hydrogen-bond donors (Lipinski definition) is 1. The van der Waals surface area contributed by atoms with E-state index in [4.69, 9.17) is 0 Å². The van der Waals surface area contributed by atoms with E-state index in [0.717, 1.165) is 44.0 Å². The summed E-state index contributed by atoms with van der Waals surface area (Å²) < 4.78 is 5.27. The molecular weight excluding hydrogens is 300 g/mol. The fourth-order valence-corrected chi connectivity index (χ4v) is 3.24. The molecular formula is C14H20N6OS. The van der Waals surface area contributed by atoms with Gasteiger partial charge in [0.05, 0.1) is 5.69 Å². The van der Waals surface area contributed by atoms with Crippen molar-refractivity contribution in [3.63, 3.8) is 0 Å². The molecule has 1 aliphatic heterocycles. The Morgan fingerprint density at radius 3 is 3.09 bits per heavy atom. The van der Waals surface area contributed by atoms with Crippen molar-refractivity contribution in [2.24, 2.45) is 7.05 Å². The number of piperidine rings is 1. The molecule has 1 N–H and O–H groups in total. The van der Waals surface area contributed by atoms with E-state index in [2.05, 4.69) is 24.9 Å². The first-order valence-electron chi connectivity index (χ1n) is 7.51. The van der Waals surface area contributed by atoms with Gasteiger partial charge in [0.2, 0.25) is 0 Å². The average Bonchev–Trinajstić information content (AvgIpc) is 3.04. The van der Waals surface area contributed by atoms with Crippen LogP contribution < -0.4 is 15.8 Å². The van der Waals surface area contributed by atoms with Gasteiger partial charge in [-0.1, -0.05) is 4.49 Å². The van der Waals surface area contributed by atoms with E-state index in [-0.39, 0.29) is 5.56 Å². The molecule has 1 unspecified atom stereocenters. The third kappa shape index (κ3) is 3.50. The zero-order chi connectivity index (χ0) is 15.4. The Balaban J connectivity index is 1.65. The first kappa shape index (κ1) is 15.1. The molecule has 22 heavy (non-hydrogen) atoms. The second kappa shape index (κ2) is 6.97. The summed E-state index contributed by atoms with van der Waals surface area (Å²) in [6, 6.07) is 3.80. The molecule has 0 radical (unpaired) electrons. The Morgan fingerprint density at radius 2 is 2.32 bits per heavy atom. The molecule has 3 rings (SSSR count). The molecule has 0 bridgehead atoms. The average molecular weight is 320 g/mol. The summed E-state index contributed by atoms with van der Waals surface area (Å²) in [6.45, 7) is 2.60. The molecule has 0 spiro atoms. The SMILES string of the molecule is Cn1nc(N2CCCCC2CNCc2csnn2)ccc1=O. The number of aromatic nitrogens is 4. The summed E-state index contributed by atoms with van der Waals surface area (Å²) in [6.07, 6.45) is 3.52. The summed E-state index contributed by atoms with van der Waals surface area (Å²) in [5.74, 6) is 0.879. The van der Waals surface area contributed by atoms with Gasteiger partial charge in [-0.2, -0.15) is 5.10 Å². The molecule has 3 heterocycles. The topological polar surface area (TPSA) is 75.9 Å². The monoisotopic (exact) mass is 320 g/mol. The third-order valence-corrected chi connectivity index (χ3v) is 4.51. The van der Waals surface area contributed by atoms with Gasteiger partial charge < -0.3 is 10.2 Å². The maximum absolute atomic E-state index is 11.5. The normalized spacial score (nSPS) is 18.6. The van der Waals surface area contributed by atoms with Crippen molar-refractivity contribution in [3.05, 3.63) is 33.6 Å². The van der Waals surface area contributed by atoms with Gasteiger partial charge in [0.15, 0.2) is 0 Å². The second-order valence-corrected chi connectivity index (χ2v) is 6.13. The van der Waals surface area contributed by atoms with E-state index in [1.54, 1.807) is 13.1 Å². The lowest BCUT2D eigenvalue weighted by Crippen LogP contribution is -2.46. The zero-order valence-corrected chi connectivity index (χ0v) is 13.4. The van der Waals surface area contributed by atoms with Crippen LogP contribution in [0.25, 0.3) is 0 Å². The Labute approximate surface area is 133 Å². The molecule has 8 heteroatoms. The molecule has 0 aliphatic carbocycles. The minimum absolute atomic E-state index is 0.0773. The van der Waals surface area contributed by atoms with Crippen molar-refractivity contribution < 1.29 is 0 Å². The van der Waals surface area contributed by atoms with Crippen LogP contribution in [0.15, 0.2) is 22.3 Å². The van der Waals surface area contributed by atoms with E-state index in [9.17, 15) is 4.79 Å². The van der Waals surface area contributed by atoms with Crippen LogP contribution in [0.1, 0.15) is 25.0 Å². The Morgan fingerprint density at radius 1 is 1.41 bits per heavy atom. The molecule has 1 saturated heterocycles. The number of anilines is 1. The molecule has 2 aromatic rings. The Bertz CT molecular complexity index is 656. The molecule has 7 nitrogen and oxygen atoms in total. The largest absolute Gasteiger partial charge is 0.351 e. The highest BCUT2D eigenvalue weighted by Gasteiger charge is 2.23. The van der Waals surface area contributed by atoms with E-state index < -0.39 is 0 Å². The molecule has 0 amide bonds. The summed E-state index contributed by atoms with van der Waals surface area (Å²) >= 11 is 1.37. The predicted molar refractivity (Wildman–Crippen MR) is 86.1 cm³/mol. The maximum atomic E-state index is 11.5. The minimum atomic E-state index is -0.0773. The van der Waals surface area contributed by atoms with E-state index in [0.29, 0.717) is 6.04 Å². The van der Waals surface area contributed by atoms with Crippen LogP contribution in [0.5, 0.6) is 0 Å². The number of rotatable bonds is 5. The van der Waals surface area contributed by atoms with Crippen LogP contribution in [0.3, 0.4) is 0 Å². The van der Waals surface area contributed by atoms with Gasteiger partial charge in [0.1, 0.15) is 5.82 Å². The van der Waals surface area contributed by atoms with Gasteiger partial charge in [-0.3, -0.25) is 4.79 Å². The van der Waals surface area contributed by atoms with E-state index in [1.165, 1.54) is 22.6 Å². The van der Waals surface area contributed by atoms with Gasteiger partial charge in [-0.15, -0.1) is 5.10 Å². The first-order chi connectivity index (χ1) is 10.7. The molecule has 0 saturated carbocycles.